The van der Waals surface area contributed by atoms with Crippen LogP contribution in [-0.4, -0.2) is 18.0 Å². The summed E-state index contributed by atoms with van der Waals surface area (Å²) in [4.78, 5) is 12.5. The minimum atomic E-state index is 0.0347. The van der Waals surface area contributed by atoms with E-state index in [2.05, 4.69) is 10.6 Å². The number of hydrogen-bond donors (Lipinski definition) is 2. The highest BCUT2D eigenvalue weighted by atomic mass is 16.5. The second kappa shape index (κ2) is 7.25. The van der Waals surface area contributed by atoms with Crippen LogP contribution in [0.2, 0.25) is 0 Å². The van der Waals surface area contributed by atoms with Crippen molar-refractivity contribution in [3.8, 4) is 11.5 Å². The lowest BCUT2D eigenvalue weighted by Crippen LogP contribution is -2.59. The molecular weight excluding hydrogens is 348 g/mol. The quantitative estimate of drug-likeness (QED) is 0.748. The lowest BCUT2D eigenvalue weighted by Gasteiger charge is -2.57. The van der Waals surface area contributed by atoms with Crippen molar-refractivity contribution >= 4 is 11.6 Å². The van der Waals surface area contributed by atoms with Crippen LogP contribution in [0.15, 0.2) is 54.6 Å². The Labute approximate surface area is 166 Å². The molecule has 0 aromatic heterocycles. The lowest BCUT2D eigenvalue weighted by atomic mass is 9.53. The van der Waals surface area contributed by atoms with Crippen LogP contribution in [0.3, 0.4) is 0 Å². The second-order valence-corrected chi connectivity index (χ2v) is 9.04. The van der Waals surface area contributed by atoms with Gasteiger partial charge in [0.2, 0.25) is 5.91 Å². The minimum Gasteiger partial charge on any atom is -0.457 e. The standard InChI is InChI=1S/C24H28N2O2/c27-23(16-25-24-13-17-10-18(14-24)12-19(11-17)15-24)26-20-6-8-22(9-7-20)28-21-4-2-1-3-5-21/h1-9,17-19,25H,10-16H2,(H,26,27). The molecule has 4 aliphatic rings. The van der Waals surface area contributed by atoms with Gasteiger partial charge in [-0.05, 0) is 92.7 Å². The molecule has 1 amide bonds. The molecule has 4 heteroatoms. The summed E-state index contributed by atoms with van der Waals surface area (Å²) in [7, 11) is 0. The number of para-hydroxylation sites is 1. The van der Waals surface area contributed by atoms with Gasteiger partial charge in [-0.2, -0.15) is 0 Å². The van der Waals surface area contributed by atoms with Crippen LogP contribution in [0.5, 0.6) is 11.5 Å². The van der Waals surface area contributed by atoms with Gasteiger partial charge in [0.05, 0.1) is 6.54 Å². The Morgan fingerprint density at radius 1 is 0.857 bits per heavy atom. The Bertz CT molecular complexity index is 796. The summed E-state index contributed by atoms with van der Waals surface area (Å²) in [6.07, 6.45) is 8.05. The monoisotopic (exact) mass is 376 g/mol. The highest BCUT2D eigenvalue weighted by Crippen LogP contribution is 2.55. The van der Waals surface area contributed by atoms with Gasteiger partial charge in [0.25, 0.3) is 0 Å². The van der Waals surface area contributed by atoms with E-state index in [1.807, 2.05) is 54.6 Å². The molecule has 0 saturated heterocycles. The summed E-state index contributed by atoms with van der Waals surface area (Å²) in [6.45, 7) is 0.397. The molecule has 4 aliphatic carbocycles. The molecule has 2 aromatic carbocycles. The number of amides is 1. The van der Waals surface area contributed by atoms with E-state index in [1.54, 1.807) is 0 Å². The van der Waals surface area contributed by atoms with Gasteiger partial charge in [-0.1, -0.05) is 18.2 Å². The zero-order valence-corrected chi connectivity index (χ0v) is 16.2. The molecular formula is C24H28N2O2. The SMILES string of the molecule is O=C(CNC12CC3CC(CC(C3)C1)C2)Nc1ccc(Oc2ccccc2)cc1. The first-order chi connectivity index (χ1) is 13.7. The van der Waals surface area contributed by atoms with E-state index in [9.17, 15) is 4.79 Å². The third-order valence-electron chi connectivity index (χ3n) is 6.78. The number of rotatable bonds is 6. The Morgan fingerprint density at radius 2 is 1.43 bits per heavy atom. The zero-order chi connectivity index (χ0) is 19.0. The smallest absolute Gasteiger partial charge is 0.238 e. The predicted molar refractivity (Wildman–Crippen MR) is 110 cm³/mol. The Hall–Kier alpha value is -2.33. The normalized spacial score (nSPS) is 30.2. The molecule has 4 saturated carbocycles. The summed E-state index contributed by atoms with van der Waals surface area (Å²) in [5.74, 6) is 4.26. The number of nitrogens with one attached hydrogen (secondary N) is 2. The van der Waals surface area contributed by atoms with Gasteiger partial charge in [-0.15, -0.1) is 0 Å². The molecule has 0 aliphatic heterocycles. The van der Waals surface area contributed by atoms with Gasteiger partial charge < -0.3 is 15.4 Å². The van der Waals surface area contributed by atoms with Crippen LogP contribution < -0.4 is 15.4 Å². The molecule has 0 unspecified atom stereocenters. The van der Waals surface area contributed by atoms with Crippen molar-refractivity contribution in [2.24, 2.45) is 17.8 Å². The Kier molecular flexibility index (Phi) is 4.59. The number of carbonyl (C=O) groups is 1. The van der Waals surface area contributed by atoms with Gasteiger partial charge in [0, 0.05) is 11.2 Å². The molecule has 4 bridgehead atoms. The molecule has 4 fully saturated rings. The highest BCUT2D eigenvalue weighted by Gasteiger charge is 2.50. The minimum absolute atomic E-state index is 0.0347. The number of benzene rings is 2. The first-order valence-corrected chi connectivity index (χ1v) is 10.5. The fourth-order valence-electron chi connectivity index (χ4n) is 6.03. The molecule has 4 nitrogen and oxygen atoms in total. The Morgan fingerprint density at radius 3 is 2.04 bits per heavy atom. The van der Waals surface area contributed by atoms with Crippen LogP contribution in [0.1, 0.15) is 38.5 Å². The maximum atomic E-state index is 12.5. The number of carbonyl (C=O) groups excluding carboxylic acids is 1. The fourth-order valence-corrected chi connectivity index (χ4v) is 6.03. The van der Waals surface area contributed by atoms with Gasteiger partial charge >= 0.3 is 0 Å². The number of anilines is 1. The molecule has 2 aromatic rings. The second-order valence-electron chi connectivity index (χ2n) is 9.04. The van der Waals surface area contributed by atoms with Gasteiger partial charge in [0.1, 0.15) is 11.5 Å². The van der Waals surface area contributed by atoms with Gasteiger partial charge in [-0.25, -0.2) is 0 Å². The summed E-state index contributed by atoms with van der Waals surface area (Å²) >= 11 is 0. The topological polar surface area (TPSA) is 50.4 Å². The summed E-state index contributed by atoms with van der Waals surface area (Å²) in [5, 5.41) is 6.66. The molecule has 0 radical (unpaired) electrons. The summed E-state index contributed by atoms with van der Waals surface area (Å²) in [5.41, 5.74) is 1.03. The molecule has 2 N–H and O–H groups in total. The van der Waals surface area contributed by atoms with E-state index in [1.165, 1.54) is 38.5 Å². The average Bonchev–Trinajstić information content (AvgIpc) is 2.68. The Balaban J connectivity index is 1.14. The van der Waals surface area contributed by atoms with Crippen molar-refractivity contribution in [2.75, 3.05) is 11.9 Å². The van der Waals surface area contributed by atoms with E-state index in [-0.39, 0.29) is 11.4 Å². The molecule has 0 heterocycles. The predicted octanol–water partition coefficient (Wildman–Crippen LogP) is 4.98. The van der Waals surface area contributed by atoms with E-state index in [0.717, 1.165) is 34.9 Å². The van der Waals surface area contributed by atoms with Gasteiger partial charge in [0.15, 0.2) is 0 Å². The number of ether oxygens (including phenoxy) is 1. The summed E-state index contributed by atoms with van der Waals surface area (Å²) in [6, 6.07) is 17.2. The first-order valence-electron chi connectivity index (χ1n) is 10.5. The highest BCUT2D eigenvalue weighted by molar-refractivity contribution is 5.92. The van der Waals surface area contributed by atoms with E-state index >= 15 is 0 Å². The third kappa shape index (κ3) is 3.79. The van der Waals surface area contributed by atoms with Crippen molar-refractivity contribution in [1.29, 1.82) is 0 Å². The maximum absolute atomic E-state index is 12.5. The molecule has 146 valence electrons. The van der Waals surface area contributed by atoms with Crippen LogP contribution >= 0.6 is 0 Å². The third-order valence-corrected chi connectivity index (χ3v) is 6.78. The maximum Gasteiger partial charge on any atom is 0.238 e. The van der Waals surface area contributed by atoms with E-state index in [4.69, 9.17) is 4.74 Å². The lowest BCUT2D eigenvalue weighted by molar-refractivity contribution is -0.116. The van der Waals surface area contributed by atoms with E-state index < -0.39 is 0 Å². The van der Waals surface area contributed by atoms with Crippen LogP contribution in [0, 0.1) is 17.8 Å². The molecule has 0 atom stereocenters. The van der Waals surface area contributed by atoms with Crippen LogP contribution in [0.25, 0.3) is 0 Å². The van der Waals surface area contributed by atoms with Gasteiger partial charge in [-0.3, -0.25) is 4.79 Å². The average molecular weight is 377 g/mol. The van der Waals surface area contributed by atoms with Crippen LogP contribution in [-0.2, 0) is 4.79 Å². The zero-order valence-electron chi connectivity index (χ0n) is 16.2. The first kappa shape index (κ1) is 17.7. The van der Waals surface area contributed by atoms with Crippen molar-refractivity contribution in [3.05, 3.63) is 54.6 Å². The molecule has 28 heavy (non-hydrogen) atoms. The largest absolute Gasteiger partial charge is 0.457 e. The molecule has 6 rings (SSSR count). The fraction of sp³-hybridized carbons (Fsp3) is 0.458. The van der Waals surface area contributed by atoms with Crippen molar-refractivity contribution < 1.29 is 9.53 Å². The summed E-state index contributed by atoms with van der Waals surface area (Å²) < 4.78 is 5.80. The number of hydrogen-bond acceptors (Lipinski definition) is 3. The van der Waals surface area contributed by atoms with Crippen molar-refractivity contribution in [1.82, 2.24) is 5.32 Å². The van der Waals surface area contributed by atoms with Crippen molar-refractivity contribution in [2.45, 2.75) is 44.1 Å². The van der Waals surface area contributed by atoms with Crippen molar-refractivity contribution in [3.63, 3.8) is 0 Å². The van der Waals surface area contributed by atoms with E-state index in [0.29, 0.717) is 6.54 Å². The van der Waals surface area contributed by atoms with Crippen LogP contribution in [0.4, 0.5) is 5.69 Å². The molecule has 0 spiro atoms.